The average Bonchev–Trinajstić information content (AvgIpc) is 2.05. The third-order valence-corrected chi connectivity index (χ3v) is 1.68. The predicted octanol–water partition coefficient (Wildman–Crippen LogP) is 1.41. The zero-order valence-corrected chi connectivity index (χ0v) is 6.75. The first-order chi connectivity index (χ1) is 4.84. The van der Waals surface area contributed by atoms with E-state index in [1.807, 2.05) is 30.1 Å². The minimum atomic E-state index is 0.691. The summed E-state index contributed by atoms with van der Waals surface area (Å²) in [5.74, 6) is 1.65. The van der Waals surface area contributed by atoms with Crippen LogP contribution >= 0.6 is 12.6 Å². The quantitative estimate of drug-likeness (QED) is 0.512. The molecule has 0 amide bonds. The van der Waals surface area contributed by atoms with Crippen molar-refractivity contribution in [2.75, 3.05) is 17.8 Å². The van der Waals surface area contributed by atoms with Crippen molar-refractivity contribution in [2.24, 2.45) is 0 Å². The van der Waals surface area contributed by atoms with Gasteiger partial charge in [-0.1, -0.05) is 6.07 Å². The first-order valence-electron chi connectivity index (χ1n) is 3.07. The zero-order valence-electron chi connectivity index (χ0n) is 5.86. The minimum Gasteiger partial charge on any atom is -0.351 e. The molecule has 0 N–H and O–H groups in total. The molecule has 2 nitrogen and oxygen atoms in total. The van der Waals surface area contributed by atoms with Gasteiger partial charge in [0.2, 0.25) is 0 Å². The van der Waals surface area contributed by atoms with Gasteiger partial charge in [0.15, 0.2) is 0 Å². The van der Waals surface area contributed by atoms with Crippen molar-refractivity contribution in [1.29, 1.82) is 0 Å². The molecule has 1 heterocycles. The molecular formula is C7H10N2S. The van der Waals surface area contributed by atoms with Gasteiger partial charge in [-0.25, -0.2) is 4.98 Å². The summed E-state index contributed by atoms with van der Waals surface area (Å²) in [5.41, 5.74) is 0. The van der Waals surface area contributed by atoms with Crippen molar-refractivity contribution >= 4 is 18.4 Å². The van der Waals surface area contributed by atoms with Crippen molar-refractivity contribution in [3.63, 3.8) is 0 Å². The molecule has 0 aliphatic carbocycles. The van der Waals surface area contributed by atoms with Gasteiger partial charge in [0.1, 0.15) is 5.82 Å². The van der Waals surface area contributed by atoms with E-state index in [1.54, 1.807) is 6.20 Å². The maximum absolute atomic E-state index is 4.13. The van der Waals surface area contributed by atoms with Gasteiger partial charge in [-0.2, -0.15) is 12.6 Å². The Hall–Kier alpha value is -0.700. The first kappa shape index (κ1) is 7.41. The van der Waals surface area contributed by atoms with Crippen molar-refractivity contribution < 1.29 is 0 Å². The first-order valence-corrected chi connectivity index (χ1v) is 3.71. The van der Waals surface area contributed by atoms with E-state index >= 15 is 0 Å². The number of thiol groups is 1. The van der Waals surface area contributed by atoms with Crippen LogP contribution in [-0.4, -0.2) is 17.9 Å². The molecule has 10 heavy (non-hydrogen) atoms. The van der Waals surface area contributed by atoms with Gasteiger partial charge in [0, 0.05) is 13.2 Å². The lowest BCUT2D eigenvalue weighted by Gasteiger charge is -2.13. The van der Waals surface area contributed by atoms with Crippen molar-refractivity contribution in [1.82, 2.24) is 4.98 Å². The van der Waals surface area contributed by atoms with Gasteiger partial charge in [0.25, 0.3) is 0 Å². The highest BCUT2D eigenvalue weighted by molar-refractivity contribution is 7.80. The molecule has 3 heteroatoms. The summed E-state index contributed by atoms with van der Waals surface area (Å²) in [6, 6.07) is 5.81. The van der Waals surface area contributed by atoms with Crippen LogP contribution in [-0.2, 0) is 0 Å². The molecule has 0 radical (unpaired) electrons. The number of hydrogen-bond donors (Lipinski definition) is 1. The maximum atomic E-state index is 4.13. The van der Waals surface area contributed by atoms with Crippen molar-refractivity contribution in [2.45, 2.75) is 0 Å². The molecule has 0 saturated carbocycles. The highest BCUT2D eigenvalue weighted by Crippen LogP contribution is 2.05. The Kier molecular flexibility index (Phi) is 2.57. The van der Waals surface area contributed by atoms with Gasteiger partial charge < -0.3 is 4.90 Å². The molecule has 0 fully saturated rings. The number of rotatable bonds is 2. The Morgan fingerprint density at radius 3 is 2.90 bits per heavy atom. The third kappa shape index (κ3) is 1.64. The van der Waals surface area contributed by atoms with E-state index < -0.39 is 0 Å². The molecular weight excluding hydrogens is 144 g/mol. The molecule has 0 atom stereocenters. The second-order valence-electron chi connectivity index (χ2n) is 2.03. The molecule has 1 aromatic heterocycles. The number of pyridine rings is 1. The zero-order chi connectivity index (χ0) is 7.40. The molecule has 0 spiro atoms. The van der Waals surface area contributed by atoms with Crippen molar-refractivity contribution in [3.8, 4) is 0 Å². The Balaban J connectivity index is 2.75. The molecule has 0 bridgehead atoms. The highest BCUT2D eigenvalue weighted by Gasteiger charge is 1.94. The summed E-state index contributed by atoms with van der Waals surface area (Å²) < 4.78 is 0. The molecule has 0 aromatic carbocycles. The second-order valence-corrected chi connectivity index (χ2v) is 2.31. The lowest BCUT2D eigenvalue weighted by molar-refractivity contribution is 1.05. The van der Waals surface area contributed by atoms with Gasteiger partial charge in [0.05, 0.1) is 5.88 Å². The van der Waals surface area contributed by atoms with Crippen LogP contribution in [0.2, 0.25) is 0 Å². The SMILES string of the molecule is CN(CS)c1ccccn1. The van der Waals surface area contributed by atoms with Gasteiger partial charge in [-0.15, -0.1) is 0 Å². The van der Waals surface area contributed by atoms with Crippen LogP contribution in [0.4, 0.5) is 5.82 Å². The summed E-state index contributed by atoms with van der Waals surface area (Å²) in [5, 5.41) is 0. The van der Waals surface area contributed by atoms with Crippen LogP contribution in [0.15, 0.2) is 24.4 Å². The standard InChI is InChI=1S/C7H10N2S/c1-9(6-10)7-4-2-3-5-8-7/h2-5,10H,6H2,1H3. The monoisotopic (exact) mass is 154 g/mol. The van der Waals surface area contributed by atoms with Crippen LogP contribution in [0.25, 0.3) is 0 Å². The van der Waals surface area contributed by atoms with E-state index in [9.17, 15) is 0 Å². The van der Waals surface area contributed by atoms with E-state index in [2.05, 4.69) is 17.6 Å². The van der Waals surface area contributed by atoms with E-state index in [1.165, 1.54) is 0 Å². The topological polar surface area (TPSA) is 16.1 Å². The van der Waals surface area contributed by atoms with Crippen LogP contribution < -0.4 is 4.90 Å². The Morgan fingerprint density at radius 1 is 1.60 bits per heavy atom. The normalized spacial score (nSPS) is 9.40. The summed E-state index contributed by atoms with van der Waals surface area (Å²) in [7, 11) is 1.95. The predicted molar refractivity (Wildman–Crippen MR) is 46.5 cm³/mol. The Labute approximate surface area is 66.3 Å². The molecule has 1 aromatic rings. The van der Waals surface area contributed by atoms with Crippen LogP contribution in [0.1, 0.15) is 0 Å². The Bertz CT molecular complexity index is 188. The van der Waals surface area contributed by atoms with Crippen LogP contribution in [0, 0.1) is 0 Å². The molecule has 0 aliphatic heterocycles. The fourth-order valence-electron chi connectivity index (χ4n) is 0.652. The highest BCUT2D eigenvalue weighted by atomic mass is 32.1. The Morgan fingerprint density at radius 2 is 2.40 bits per heavy atom. The number of hydrogen-bond acceptors (Lipinski definition) is 3. The van der Waals surface area contributed by atoms with E-state index in [0.717, 1.165) is 5.82 Å². The number of anilines is 1. The summed E-state index contributed by atoms with van der Waals surface area (Å²) >= 11 is 4.11. The average molecular weight is 154 g/mol. The molecule has 0 saturated heterocycles. The molecule has 1 rings (SSSR count). The lowest BCUT2D eigenvalue weighted by atomic mass is 10.4. The smallest absolute Gasteiger partial charge is 0.128 e. The minimum absolute atomic E-state index is 0.691. The lowest BCUT2D eigenvalue weighted by Crippen LogP contribution is -2.15. The number of nitrogens with zero attached hydrogens (tertiary/aromatic N) is 2. The van der Waals surface area contributed by atoms with Gasteiger partial charge in [-0.05, 0) is 12.1 Å². The maximum Gasteiger partial charge on any atom is 0.128 e. The van der Waals surface area contributed by atoms with Crippen LogP contribution in [0.5, 0.6) is 0 Å². The summed E-state index contributed by atoms with van der Waals surface area (Å²) in [6.07, 6.45) is 1.77. The molecule has 54 valence electrons. The van der Waals surface area contributed by atoms with E-state index in [-0.39, 0.29) is 0 Å². The fraction of sp³-hybridized carbons (Fsp3) is 0.286. The number of aromatic nitrogens is 1. The van der Waals surface area contributed by atoms with Crippen LogP contribution in [0.3, 0.4) is 0 Å². The van der Waals surface area contributed by atoms with E-state index in [0.29, 0.717) is 5.88 Å². The fourth-order valence-corrected chi connectivity index (χ4v) is 0.797. The summed E-state index contributed by atoms with van der Waals surface area (Å²) in [4.78, 5) is 6.09. The second kappa shape index (κ2) is 3.46. The largest absolute Gasteiger partial charge is 0.351 e. The third-order valence-electron chi connectivity index (χ3n) is 1.25. The van der Waals surface area contributed by atoms with E-state index in [4.69, 9.17) is 0 Å². The van der Waals surface area contributed by atoms with Gasteiger partial charge in [-0.3, -0.25) is 0 Å². The molecule has 0 unspecified atom stereocenters. The van der Waals surface area contributed by atoms with Crippen molar-refractivity contribution in [3.05, 3.63) is 24.4 Å². The van der Waals surface area contributed by atoms with Gasteiger partial charge >= 0.3 is 0 Å². The molecule has 0 aliphatic rings. The summed E-state index contributed by atoms with van der Waals surface area (Å²) in [6.45, 7) is 0.